The molecule has 2 aromatic rings. The normalized spacial score (nSPS) is 12.9. The summed E-state index contributed by atoms with van der Waals surface area (Å²) in [6.45, 7) is 4.50. The summed E-state index contributed by atoms with van der Waals surface area (Å²) in [6.07, 6.45) is 0. The van der Waals surface area contributed by atoms with E-state index in [0.717, 1.165) is 11.6 Å². The molecule has 158 valence electrons. The Morgan fingerprint density at radius 1 is 1.07 bits per heavy atom. The number of nitrogens with zero attached hydrogens (tertiary/aromatic N) is 3. The molecule has 0 aromatic heterocycles. The van der Waals surface area contributed by atoms with Crippen LogP contribution in [0.1, 0.15) is 25.5 Å². The van der Waals surface area contributed by atoms with E-state index in [1.165, 1.54) is 16.4 Å². The lowest BCUT2D eigenvalue weighted by molar-refractivity contribution is -0.384. The van der Waals surface area contributed by atoms with Gasteiger partial charge in [0.05, 0.1) is 15.9 Å². The van der Waals surface area contributed by atoms with Crippen LogP contribution in [0.15, 0.2) is 53.4 Å². The fourth-order valence-corrected chi connectivity index (χ4v) is 4.64. The molecule has 0 amide bonds. The Balaban J connectivity index is 2.33. The average molecular weight is 421 g/mol. The minimum Gasteiger partial charge on any atom is -0.378 e. The highest BCUT2D eigenvalue weighted by Gasteiger charge is 2.26. The van der Waals surface area contributed by atoms with Gasteiger partial charge in [0.2, 0.25) is 10.0 Å². The molecule has 0 saturated heterocycles. The van der Waals surface area contributed by atoms with Crippen LogP contribution in [0.2, 0.25) is 0 Å². The zero-order chi connectivity index (χ0) is 21.6. The summed E-state index contributed by atoms with van der Waals surface area (Å²) in [5, 5.41) is 14.7. The summed E-state index contributed by atoms with van der Waals surface area (Å²) >= 11 is 0. The molecule has 0 spiro atoms. The van der Waals surface area contributed by atoms with Crippen molar-refractivity contribution in [3.8, 4) is 0 Å². The second kappa shape index (κ2) is 9.82. The average Bonchev–Trinajstić information content (AvgIpc) is 2.69. The molecular weight excluding hydrogens is 392 g/mol. The van der Waals surface area contributed by atoms with Crippen molar-refractivity contribution in [1.82, 2.24) is 9.21 Å². The van der Waals surface area contributed by atoms with Gasteiger partial charge in [-0.15, -0.1) is 0 Å². The maximum atomic E-state index is 12.7. The quantitative estimate of drug-likeness (QED) is 0.468. The van der Waals surface area contributed by atoms with E-state index in [2.05, 4.69) is 5.32 Å². The first-order valence-corrected chi connectivity index (χ1v) is 10.9. The zero-order valence-corrected chi connectivity index (χ0v) is 18.0. The molecule has 0 radical (unpaired) electrons. The van der Waals surface area contributed by atoms with Gasteiger partial charge in [0.25, 0.3) is 5.69 Å². The molecule has 0 aliphatic carbocycles. The van der Waals surface area contributed by atoms with E-state index in [0.29, 0.717) is 19.6 Å². The number of hydrogen-bond donors (Lipinski definition) is 1. The molecule has 0 aliphatic rings. The van der Waals surface area contributed by atoms with Crippen LogP contribution in [-0.4, -0.2) is 56.3 Å². The minimum atomic E-state index is -3.77. The number of anilines is 1. The molecule has 9 heteroatoms. The van der Waals surface area contributed by atoms with Crippen molar-refractivity contribution in [2.24, 2.45) is 0 Å². The molecule has 0 fully saturated rings. The first-order chi connectivity index (χ1) is 13.7. The lowest BCUT2D eigenvalue weighted by atomic mass is 10.1. The van der Waals surface area contributed by atoms with Gasteiger partial charge < -0.3 is 10.2 Å². The van der Waals surface area contributed by atoms with Gasteiger partial charge in [-0.05, 0) is 31.8 Å². The Kier molecular flexibility index (Phi) is 7.72. The fourth-order valence-electron chi connectivity index (χ4n) is 3.17. The van der Waals surface area contributed by atoms with E-state index in [-0.39, 0.29) is 22.3 Å². The second-order valence-electron chi connectivity index (χ2n) is 6.80. The molecule has 0 heterocycles. The first kappa shape index (κ1) is 22.8. The zero-order valence-electron chi connectivity index (χ0n) is 17.2. The van der Waals surface area contributed by atoms with Gasteiger partial charge in [0.1, 0.15) is 5.69 Å². The third-order valence-corrected chi connectivity index (χ3v) is 6.85. The van der Waals surface area contributed by atoms with E-state index in [9.17, 15) is 18.5 Å². The Hall–Kier alpha value is -2.49. The van der Waals surface area contributed by atoms with E-state index in [1.54, 1.807) is 13.8 Å². The summed E-state index contributed by atoms with van der Waals surface area (Å²) < 4.78 is 26.7. The van der Waals surface area contributed by atoms with Gasteiger partial charge in [-0.2, -0.15) is 4.31 Å². The number of hydrogen-bond acceptors (Lipinski definition) is 6. The highest BCUT2D eigenvalue weighted by Crippen LogP contribution is 2.30. The number of likely N-dealkylation sites (N-methyl/N-ethyl adjacent to an activating group) is 1. The molecule has 2 aromatic carbocycles. The van der Waals surface area contributed by atoms with Gasteiger partial charge in [0, 0.05) is 25.7 Å². The summed E-state index contributed by atoms with van der Waals surface area (Å²) in [7, 11) is 0.107. The lowest BCUT2D eigenvalue weighted by Crippen LogP contribution is -2.30. The number of benzene rings is 2. The van der Waals surface area contributed by atoms with Crippen molar-refractivity contribution in [2.75, 3.05) is 39.0 Å². The minimum absolute atomic E-state index is 0.00473. The molecule has 0 saturated carbocycles. The van der Waals surface area contributed by atoms with Crippen LogP contribution in [-0.2, 0) is 10.0 Å². The number of rotatable bonds is 10. The van der Waals surface area contributed by atoms with Crippen molar-refractivity contribution in [3.63, 3.8) is 0 Å². The predicted octanol–water partition coefficient (Wildman–Crippen LogP) is 3.34. The SMILES string of the molecule is CCN(CC)S(=O)(=O)c1ccc(NCC(c2ccccc2)N(C)C)c([N+](=O)[O-])c1. The van der Waals surface area contributed by atoms with Crippen molar-refractivity contribution in [1.29, 1.82) is 0 Å². The highest BCUT2D eigenvalue weighted by molar-refractivity contribution is 7.89. The third-order valence-electron chi connectivity index (χ3n) is 4.80. The predicted molar refractivity (Wildman–Crippen MR) is 115 cm³/mol. The van der Waals surface area contributed by atoms with Gasteiger partial charge in [-0.1, -0.05) is 44.2 Å². The molecule has 0 bridgehead atoms. The van der Waals surface area contributed by atoms with Crippen LogP contribution < -0.4 is 5.32 Å². The van der Waals surface area contributed by atoms with Gasteiger partial charge in [0.15, 0.2) is 0 Å². The van der Waals surface area contributed by atoms with Crippen molar-refractivity contribution >= 4 is 21.4 Å². The van der Waals surface area contributed by atoms with E-state index in [4.69, 9.17) is 0 Å². The Morgan fingerprint density at radius 3 is 2.21 bits per heavy atom. The summed E-state index contributed by atoms with van der Waals surface area (Å²) in [4.78, 5) is 13.0. The van der Waals surface area contributed by atoms with Crippen LogP contribution in [0.4, 0.5) is 11.4 Å². The lowest BCUT2D eigenvalue weighted by Gasteiger charge is -2.25. The van der Waals surface area contributed by atoms with Gasteiger partial charge in [-0.3, -0.25) is 10.1 Å². The molecule has 1 N–H and O–H groups in total. The Labute approximate surface area is 172 Å². The standard InChI is InChI=1S/C20H28N4O4S/c1-5-23(6-2)29(27,28)17-12-13-18(19(14-17)24(25)26)21-15-20(22(3)4)16-10-8-7-9-11-16/h7-14,20-21H,5-6,15H2,1-4H3. The summed E-state index contributed by atoms with van der Waals surface area (Å²) in [6, 6.07) is 13.8. The van der Waals surface area contributed by atoms with Crippen molar-refractivity contribution in [3.05, 3.63) is 64.2 Å². The fraction of sp³-hybridized carbons (Fsp3) is 0.400. The third kappa shape index (κ3) is 5.31. The Bertz CT molecular complexity index is 929. The van der Waals surface area contributed by atoms with Gasteiger partial charge in [-0.25, -0.2) is 8.42 Å². The smallest absolute Gasteiger partial charge is 0.293 e. The molecule has 8 nitrogen and oxygen atoms in total. The van der Waals surface area contributed by atoms with Crippen molar-refractivity contribution in [2.45, 2.75) is 24.8 Å². The van der Waals surface area contributed by atoms with Crippen molar-refractivity contribution < 1.29 is 13.3 Å². The van der Waals surface area contributed by atoms with Crippen LogP contribution in [0.3, 0.4) is 0 Å². The molecule has 1 atom stereocenters. The maximum absolute atomic E-state index is 12.7. The first-order valence-electron chi connectivity index (χ1n) is 9.46. The van der Waals surface area contributed by atoms with Crippen LogP contribution >= 0.6 is 0 Å². The molecular formula is C20H28N4O4S. The topological polar surface area (TPSA) is 95.8 Å². The number of nitro groups is 1. The van der Waals surface area contributed by atoms with E-state index < -0.39 is 14.9 Å². The van der Waals surface area contributed by atoms with E-state index in [1.807, 2.05) is 49.3 Å². The molecule has 0 aliphatic heterocycles. The van der Waals surface area contributed by atoms with Crippen LogP contribution in [0.25, 0.3) is 0 Å². The number of nitrogens with one attached hydrogen (secondary N) is 1. The number of nitro benzene ring substituents is 1. The largest absolute Gasteiger partial charge is 0.378 e. The monoisotopic (exact) mass is 420 g/mol. The maximum Gasteiger partial charge on any atom is 0.293 e. The molecule has 1 unspecified atom stereocenters. The number of sulfonamides is 1. The molecule has 29 heavy (non-hydrogen) atoms. The highest BCUT2D eigenvalue weighted by atomic mass is 32.2. The Morgan fingerprint density at radius 2 is 1.69 bits per heavy atom. The van der Waals surface area contributed by atoms with Crippen LogP contribution in [0, 0.1) is 10.1 Å². The van der Waals surface area contributed by atoms with E-state index >= 15 is 0 Å². The summed E-state index contributed by atoms with van der Waals surface area (Å²) in [5.74, 6) is 0. The van der Waals surface area contributed by atoms with Crippen LogP contribution in [0.5, 0.6) is 0 Å². The van der Waals surface area contributed by atoms with Gasteiger partial charge >= 0.3 is 0 Å². The summed E-state index contributed by atoms with van der Waals surface area (Å²) in [5.41, 5.74) is 1.11. The second-order valence-corrected chi connectivity index (χ2v) is 8.73. The molecule has 2 rings (SSSR count).